The van der Waals surface area contributed by atoms with Crippen LogP contribution in [-0.4, -0.2) is 30.9 Å². The molecule has 0 saturated carbocycles. The fraction of sp³-hybridized carbons (Fsp3) is 0.344. The lowest BCUT2D eigenvalue weighted by atomic mass is 9.92. The van der Waals surface area contributed by atoms with Crippen LogP contribution < -0.4 is 24.4 Å². The van der Waals surface area contributed by atoms with Crippen LogP contribution in [0.5, 0.6) is 11.5 Å². The molecule has 41 heavy (non-hydrogen) atoms. The molecule has 7 nitrogen and oxygen atoms in total. The number of rotatable bonds is 11. The Morgan fingerprint density at radius 1 is 1.22 bits per heavy atom. The van der Waals surface area contributed by atoms with E-state index in [2.05, 4.69) is 48.5 Å². The first kappa shape index (κ1) is 30.5. The fourth-order valence-electron chi connectivity index (χ4n) is 4.76. The summed E-state index contributed by atoms with van der Waals surface area (Å²) in [7, 11) is 1.57. The first-order valence-electron chi connectivity index (χ1n) is 13.7. The predicted octanol–water partition coefficient (Wildman–Crippen LogP) is 6.04. The number of nitrogens with zero attached hydrogens (tertiary/aromatic N) is 2. The summed E-state index contributed by atoms with van der Waals surface area (Å²) in [6, 6.07) is 11.1. The van der Waals surface area contributed by atoms with Gasteiger partial charge in [-0.25, -0.2) is 9.79 Å². The molecule has 0 N–H and O–H groups in total. The monoisotopic (exact) mass is 638 g/mol. The highest BCUT2D eigenvalue weighted by molar-refractivity contribution is 9.10. The lowest BCUT2D eigenvalue weighted by Crippen LogP contribution is -2.40. The van der Waals surface area contributed by atoms with E-state index in [1.165, 1.54) is 16.9 Å². The molecule has 9 heteroatoms. The van der Waals surface area contributed by atoms with Crippen LogP contribution in [0.15, 0.2) is 74.6 Å². The zero-order valence-corrected chi connectivity index (χ0v) is 26.4. The molecule has 0 fully saturated rings. The van der Waals surface area contributed by atoms with Crippen LogP contribution in [-0.2, 0) is 9.53 Å². The van der Waals surface area contributed by atoms with Gasteiger partial charge in [0.15, 0.2) is 16.3 Å². The molecule has 0 saturated heterocycles. The summed E-state index contributed by atoms with van der Waals surface area (Å²) in [5.41, 5.74) is 3.61. The van der Waals surface area contributed by atoms with E-state index < -0.39 is 12.0 Å². The minimum Gasteiger partial charge on any atom is -0.493 e. The van der Waals surface area contributed by atoms with Gasteiger partial charge >= 0.3 is 5.97 Å². The van der Waals surface area contributed by atoms with Gasteiger partial charge in [0.1, 0.15) is 6.61 Å². The summed E-state index contributed by atoms with van der Waals surface area (Å²) in [5, 5.41) is 0. The van der Waals surface area contributed by atoms with E-state index in [4.69, 9.17) is 19.2 Å². The van der Waals surface area contributed by atoms with Gasteiger partial charge < -0.3 is 14.2 Å². The molecule has 3 aromatic rings. The molecule has 2 heterocycles. The van der Waals surface area contributed by atoms with E-state index in [-0.39, 0.29) is 12.2 Å². The lowest BCUT2D eigenvalue weighted by Gasteiger charge is -2.26. The summed E-state index contributed by atoms with van der Waals surface area (Å²) in [6.07, 6.45) is 4.85. The Kier molecular flexibility index (Phi) is 10.0. The van der Waals surface area contributed by atoms with E-state index in [0.717, 1.165) is 17.5 Å². The van der Waals surface area contributed by atoms with Crippen molar-refractivity contribution >= 4 is 39.3 Å². The molecule has 0 radical (unpaired) electrons. The molecule has 0 spiro atoms. The van der Waals surface area contributed by atoms with Gasteiger partial charge in [0.2, 0.25) is 0 Å². The van der Waals surface area contributed by atoms with Crippen LogP contribution in [0.4, 0.5) is 0 Å². The standard InChI is InChI=1S/C32H35BrN2O5S/c1-7-10-24-27(31(37)39-9-3)28(22-13-11-21(12-14-22)19(4)5)35-30(36)26(41-32(35)34-24)18-20-16-23(33)29(40-15-8-2)25(17-20)38-6/h8,11-14,16-19,28H,2,7,9-10,15H2,1,3-6H3/b26-18-/t28-/m0/s1. The summed E-state index contributed by atoms with van der Waals surface area (Å²) < 4.78 is 19.6. The number of halogens is 1. The predicted molar refractivity (Wildman–Crippen MR) is 167 cm³/mol. The fourth-order valence-corrected chi connectivity index (χ4v) is 6.35. The number of hydrogen-bond donors (Lipinski definition) is 0. The van der Waals surface area contributed by atoms with Crippen LogP contribution in [0.25, 0.3) is 6.08 Å². The highest BCUT2D eigenvalue weighted by atomic mass is 79.9. The highest BCUT2D eigenvalue weighted by Gasteiger charge is 2.34. The topological polar surface area (TPSA) is 79.1 Å². The van der Waals surface area contributed by atoms with Gasteiger partial charge in [0.25, 0.3) is 5.56 Å². The van der Waals surface area contributed by atoms with Crippen molar-refractivity contribution in [1.82, 2.24) is 4.57 Å². The first-order chi connectivity index (χ1) is 19.7. The first-order valence-corrected chi connectivity index (χ1v) is 15.3. The maximum atomic E-state index is 14.0. The molecule has 1 aliphatic heterocycles. The molecule has 4 rings (SSSR count). The normalized spacial score (nSPS) is 15.0. The third-order valence-corrected chi connectivity index (χ3v) is 8.28. The number of carbonyl (C=O) groups is 1. The molecule has 0 unspecified atom stereocenters. The number of fused-ring (bicyclic) bond motifs is 1. The number of allylic oxidation sites excluding steroid dienone is 1. The number of ether oxygens (including phenoxy) is 3. The van der Waals surface area contributed by atoms with E-state index in [1.54, 1.807) is 30.8 Å². The number of hydrogen-bond acceptors (Lipinski definition) is 7. The minimum absolute atomic E-state index is 0.230. The van der Waals surface area contributed by atoms with E-state index in [0.29, 0.717) is 55.5 Å². The molecule has 1 atom stereocenters. The Morgan fingerprint density at radius 2 is 1.95 bits per heavy atom. The molecule has 0 bridgehead atoms. The quantitative estimate of drug-likeness (QED) is 0.189. The Labute approximate surface area is 252 Å². The van der Waals surface area contributed by atoms with Gasteiger partial charge in [-0.15, -0.1) is 0 Å². The molecule has 2 aromatic carbocycles. The summed E-state index contributed by atoms with van der Waals surface area (Å²) in [4.78, 5) is 32.8. The Balaban J connectivity index is 1.94. The zero-order valence-electron chi connectivity index (χ0n) is 24.0. The lowest BCUT2D eigenvalue weighted by molar-refractivity contribution is -0.139. The zero-order chi connectivity index (χ0) is 29.7. The molecule has 0 amide bonds. The number of methoxy groups -OCH3 is 1. The van der Waals surface area contributed by atoms with Gasteiger partial charge in [-0.1, -0.05) is 75.4 Å². The SMILES string of the molecule is C=CCOc1c(Br)cc(/C=c2\sc3n(c2=O)[C@@H](c2ccc(C(C)C)cc2)C(C(=O)OCC)=C(CCC)N=3)cc1OC. The van der Waals surface area contributed by atoms with Gasteiger partial charge in [0.05, 0.1) is 40.0 Å². The summed E-state index contributed by atoms with van der Waals surface area (Å²) in [5.74, 6) is 0.986. The summed E-state index contributed by atoms with van der Waals surface area (Å²) >= 11 is 4.86. The number of thiazole rings is 1. The van der Waals surface area contributed by atoms with Crippen LogP contribution in [0.2, 0.25) is 0 Å². The average Bonchev–Trinajstić information content (AvgIpc) is 3.25. The number of carbonyl (C=O) groups excluding carboxylic acids is 1. The third-order valence-electron chi connectivity index (χ3n) is 6.71. The van der Waals surface area contributed by atoms with Gasteiger partial charge in [-0.2, -0.15) is 0 Å². The number of benzene rings is 2. The molecular formula is C32H35BrN2O5S. The maximum Gasteiger partial charge on any atom is 0.338 e. The molecule has 1 aromatic heterocycles. The molecule has 1 aliphatic rings. The van der Waals surface area contributed by atoms with Crippen LogP contribution in [0, 0.1) is 0 Å². The molecular weight excluding hydrogens is 604 g/mol. The smallest absolute Gasteiger partial charge is 0.338 e. The minimum atomic E-state index is -0.647. The van der Waals surface area contributed by atoms with E-state index in [1.807, 2.05) is 31.2 Å². The second-order valence-electron chi connectivity index (χ2n) is 9.87. The van der Waals surface area contributed by atoms with Crippen molar-refractivity contribution in [3.8, 4) is 11.5 Å². The molecule has 0 aliphatic carbocycles. The van der Waals surface area contributed by atoms with Crippen molar-refractivity contribution in [3.05, 3.63) is 101 Å². The van der Waals surface area contributed by atoms with Crippen molar-refractivity contribution in [2.75, 3.05) is 20.3 Å². The van der Waals surface area contributed by atoms with Crippen molar-refractivity contribution in [3.63, 3.8) is 0 Å². The maximum absolute atomic E-state index is 14.0. The van der Waals surface area contributed by atoms with Crippen LogP contribution in [0.3, 0.4) is 0 Å². The van der Waals surface area contributed by atoms with Crippen molar-refractivity contribution < 1.29 is 19.0 Å². The van der Waals surface area contributed by atoms with Crippen LogP contribution >= 0.6 is 27.3 Å². The summed E-state index contributed by atoms with van der Waals surface area (Å²) in [6.45, 7) is 12.3. The number of esters is 1. The van der Waals surface area contributed by atoms with Gasteiger partial charge in [-0.3, -0.25) is 9.36 Å². The van der Waals surface area contributed by atoms with Crippen molar-refractivity contribution in [2.45, 2.75) is 52.5 Å². The number of aromatic nitrogens is 1. The Morgan fingerprint density at radius 3 is 2.56 bits per heavy atom. The van der Waals surface area contributed by atoms with Gasteiger partial charge in [-0.05, 0) is 70.1 Å². The third kappa shape index (κ3) is 6.41. The second kappa shape index (κ2) is 13.5. The van der Waals surface area contributed by atoms with Crippen molar-refractivity contribution in [2.24, 2.45) is 4.99 Å². The Bertz CT molecular complexity index is 1650. The largest absolute Gasteiger partial charge is 0.493 e. The van der Waals surface area contributed by atoms with Gasteiger partial charge in [0, 0.05) is 0 Å². The van der Waals surface area contributed by atoms with Crippen molar-refractivity contribution in [1.29, 1.82) is 0 Å². The Hall–Kier alpha value is -3.43. The second-order valence-corrected chi connectivity index (χ2v) is 11.7. The van der Waals surface area contributed by atoms with E-state index >= 15 is 0 Å². The highest BCUT2D eigenvalue weighted by Crippen LogP contribution is 2.37. The van der Waals surface area contributed by atoms with E-state index in [9.17, 15) is 9.59 Å². The van der Waals surface area contributed by atoms with Crippen LogP contribution in [0.1, 0.15) is 69.2 Å². The molecule has 216 valence electrons. The average molecular weight is 640 g/mol.